The van der Waals surface area contributed by atoms with Crippen molar-refractivity contribution in [2.45, 2.75) is 24.9 Å². The van der Waals surface area contributed by atoms with E-state index in [1.54, 1.807) is 7.11 Å². The maximum absolute atomic E-state index is 7.59. The summed E-state index contributed by atoms with van der Waals surface area (Å²) in [4.78, 5) is 4.85. The number of piperazine rings is 1. The van der Waals surface area contributed by atoms with Gasteiger partial charge in [0.05, 0.1) is 26.0 Å². The third-order valence-corrected chi connectivity index (χ3v) is 11.2. The van der Waals surface area contributed by atoms with Crippen LogP contribution in [0.2, 0.25) is 0 Å². The van der Waals surface area contributed by atoms with Crippen LogP contribution in [0.4, 0.5) is 11.4 Å². The second-order valence-electron chi connectivity index (χ2n) is 14.2. The lowest BCUT2D eigenvalue weighted by Gasteiger charge is -2.39. The normalized spacial score (nSPS) is 20.8. The zero-order chi connectivity index (χ0) is 33.2. The summed E-state index contributed by atoms with van der Waals surface area (Å²) >= 11 is 0. The molecule has 0 amide bonds. The minimum atomic E-state index is -0.820. The summed E-state index contributed by atoms with van der Waals surface area (Å²) in [6, 6.07) is 33.2. The molecule has 248 valence electrons. The van der Waals surface area contributed by atoms with Crippen LogP contribution < -0.4 is 24.6 Å². The topological polar surface area (TPSA) is 46.2 Å². The summed E-state index contributed by atoms with van der Waals surface area (Å²) in [5, 5.41) is 5.79. The Bertz CT molecular complexity index is 2080. The third-order valence-electron chi connectivity index (χ3n) is 11.2. The molecule has 0 spiro atoms. The van der Waals surface area contributed by atoms with Crippen LogP contribution in [0.3, 0.4) is 0 Å². The first-order valence-corrected chi connectivity index (χ1v) is 17.6. The van der Waals surface area contributed by atoms with E-state index in [0.29, 0.717) is 0 Å². The van der Waals surface area contributed by atoms with Gasteiger partial charge in [-0.15, -0.1) is 0 Å². The Balaban J connectivity index is 1.29. The molecule has 0 aromatic heterocycles. The van der Waals surface area contributed by atoms with Crippen LogP contribution in [0.1, 0.15) is 41.7 Å². The number of benzene rings is 5. The Hall–Kier alpha value is -4.78. The fourth-order valence-corrected chi connectivity index (χ4v) is 8.69. The van der Waals surface area contributed by atoms with Gasteiger partial charge in [-0.2, -0.15) is 0 Å². The lowest BCUT2D eigenvalue weighted by Crippen LogP contribution is -2.43. The molecule has 2 fully saturated rings. The molecule has 9 rings (SSSR count). The smallest absolute Gasteiger partial charge is 0.178 e. The van der Waals surface area contributed by atoms with E-state index >= 15 is 0 Å². The SMILES string of the molecule is COc1cc2c3c(c4c(c2cc1N1CCNCC1)-c1ccccc1C4(C)C)C=CC(c1ccccc1)(c1ccc(N2CCOCC2)cc1)O3. The Morgan fingerprint density at radius 1 is 0.755 bits per heavy atom. The number of nitrogens with one attached hydrogen (secondary N) is 1. The van der Waals surface area contributed by atoms with Gasteiger partial charge in [0.2, 0.25) is 0 Å². The number of nitrogens with zero attached hydrogens (tertiary/aromatic N) is 2. The minimum absolute atomic E-state index is 0.209. The van der Waals surface area contributed by atoms with Crippen molar-refractivity contribution in [3.63, 3.8) is 0 Å². The molecular weight excluding hydrogens is 606 g/mol. The molecule has 0 bridgehead atoms. The van der Waals surface area contributed by atoms with Crippen LogP contribution in [0, 0.1) is 0 Å². The van der Waals surface area contributed by atoms with Crippen LogP contribution in [0.15, 0.2) is 97.1 Å². The van der Waals surface area contributed by atoms with Crippen LogP contribution in [0.5, 0.6) is 11.5 Å². The number of methoxy groups -OCH3 is 1. The number of rotatable bonds is 5. The Morgan fingerprint density at radius 3 is 2.22 bits per heavy atom. The number of hydrogen-bond donors (Lipinski definition) is 1. The molecule has 49 heavy (non-hydrogen) atoms. The van der Waals surface area contributed by atoms with Crippen LogP contribution in [0.25, 0.3) is 28.0 Å². The zero-order valence-electron chi connectivity index (χ0n) is 28.6. The summed E-state index contributed by atoms with van der Waals surface area (Å²) in [6.45, 7) is 11.8. The molecular formula is C43H43N3O3. The summed E-state index contributed by atoms with van der Waals surface area (Å²) in [5.74, 6) is 1.78. The molecule has 3 heterocycles. The molecule has 6 nitrogen and oxygen atoms in total. The Labute approximate surface area is 288 Å². The molecule has 2 saturated heterocycles. The van der Waals surface area contributed by atoms with Crippen LogP contribution >= 0.6 is 0 Å². The fourth-order valence-electron chi connectivity index (χ4n) is 8.69. The van der Waals surface area contributed by atoms with Gasteiger partial charge in [-0.25, -0.2) is 0 Å². The van der Waals surface area contributed by atoms with Crippen molar-refractivity contribution in [1.82, 2.24) is 5.32 Å². The second kappa shape index (κ2) is 11.7. The molecule has 5 aromatic rings. The van der Waals surface area contributed by atoms with Crippen molar-refractivity contribution in [3.8, 4) is 22.6 Å². The molecule has 5 aromatic carbocycles. The average molecular weight is 650 g/mol. The molecule has 0 radical (unpaired) electrons. The average Bonchev–Trinajstić information content (AvgIpc) is 3.42. The number of morpholine rings is 1. The fraction of sp³-hybridized carbons (Fsp3) is 0.302. The van der Waals surface area contributed by atoms with Gasteiger partial charge in [0, 0.05) is 72.4 Å². The highest BCUT2D eigenvalue weighted by atomic mass is 16.5. The highest BCUT2D eigenvalue weighted by Gasteiger charge is 2.44. The van der Waals surface area contributed by atoms with E-state index in [1.807, 2.05) is 0 Å². The van der Waals surface area contributed by atoms with E-state index in [1.165, 1.54) is 33.3 Å². The summed E-state index contributed by atoms with van der Waals surface area (Å²) in [5.41, 5.74) is 9.95. The summed E-state index contributed by atoms with van der Waals surface area (Å²) in [7, 11) is 1.79. The highest BCUT2D eigenvalue weighted by Crippen LogP contribution is 2.59. The lowest BCUT2D eigenvalue weighted by molar-refractivity contribution is 0.122. The third kappa shape index (κ3) is 4.68. The van der Waals surface area contributed by atoms with Crippen molar-refractivity contribution in [2.24, 2.45) is 0 Å². The van der Waals surface area contributed by atoms with E-state index in [4.69, 9.17) is 14.2 Å². The van der Waals surface area contributed by atoms with Crippen LogP contribution in [-0.4, -0.2) is 59.6 Å². The van der Waals surface area contributed by atoms with Crippen molar-refractivity contribution in [2.75, 3.05) is 69.4 Å². The van der Waals surface area contributed by atoms with Crippen molar-refractivity contribution in [3.05, 3.63) is 125 Å². The molecule has 1 aliphatic carbocycles. The zero-order valence-corrected chi connectivity index (χ0v) is 28.6. The molecule has 1 atom stereocenters. The maximum atomic E-state index is 7.59. The molecule has 1 N–H and O–H groups in total. The van der Waals surface area contributed by atoms with Gasteiger partial charge in [0.15, 0.2) is 5.60 Å². The van der Waals surface area contributed by atoms with E-state index in [2.05, 4.69) is 132 Å². The number of ether oxygens (including phenoxy) is 3. The molecule has 3 aliphatic heterocycles. The predicted octanol–water partition coefficient (Wildman–Crippen LogP) is 7.75. The number of fused-ring (bicyclic) bond motifs is 8. The molecule has 1 unspecified atom stereocenters. The number of hydrogen-bond acceptors (Lipinski definition) is 6. The molecule has 6 heteroatoms. The van der Waals surface area contributed by atoms with Gasteiger partial charge in [0.1, 0.15) is 11.5 Å². The Kier molecular flexibility index (Phi) is 7.22. The first-order valence-electron chi connectivity index (χ1n) is 17.6. The molecule has 0 saturated carbocycles. The lowest BCUT2D eigenvalue weighted by atomic mass is 9.76. The second-order valence-corrected chi connectivity index (χ2v) is 14.2. The first kappa shape index (κ1) is 30.3. The van der Waals surface area contributed by atoms with E-state index in [9.17, 15) is 0 Å². The van der Waals surface area contributed by atoms with Crippen molar-refractivity contribution >= 4 is 28.2 Å². The van der Waals surface area contributed by atoms with Gasteiger partial charge < -0.3 is 29.3 Å². The quantitative estimate of drug-likeness (QED) is 0.210. The summed E-state index contributed by atoms with van der Waals surface area (Å²) < 4.78 is 19.4. The largest absolute Gasteiger partial charge is 0.495 e. The van der Waals surface area contributed by atoms with Gasteiger partial charge in [0.25, 0.3) is 0 Å². The predicted molar refractivity (Wildman–Crippen MR) is 200 cm³/mol. The van der Waals surface area contributed by atoms with Gasteiger partial charge in [-0.3, -0.25) is 0 Å². The Morgan fingerprint density at radius 2 is 1.47 bits per heavy atom. The molecule has 4 aliphatic rings. The van der Waals surface area contributed by atoms with Gasteiger partial charge in [-0.05, 0) is 58.0 Å². The minimum Gasteiger partial charge on any atom is -0.495 e. The van der Waals surface area contributed by atoms with Gasteiger partial charge >= 0.3 is 0 Å². The monoisotopic (exact) mass is 649 g/mol. The maximum Gasteiger partial charge on any atom is 0.178 e. The van der Waals surface area contributed by atoms with Crippen molar-refractivity contribution < 1.29 is 14.2 Å². The first-order chi connectivity index (χ1) is 24.0. The van der Waals surface area contributed by atoms with E-state index in [-0.39, 0.29) is 5.41 Å². The van der Waals surface area contributed by atoms with Gasteiger partial charge in [-0.1, -0.05) is 86.7 Å². The summed E-state index contributed by atoms with van der Waals surface area (Å²) in [6.07, 6.45) is 4.62. The van der Waals surface area contributed by atoms with Crippen LogP contribution in [-0.2, 0) is 15.8 Å². The standard InChI is InChI=1S/C43H43N3O3/c1-42(2)36-12-8-7-11-32(36)39-34-27-37(46-21-19-44-20-22-46)38(47-3)28-35(34)41-33(40(39)42)17-18-43(49-41,29-9-5-4-6-10-29)30-13-15-31(16-14-30)45-23-25-48-26-24-45/h4-18,27-28,44H,19-26H2,1-3H3. The highest BCUT2D eigenvalue weighted by molar-refractivity contribution is 6.10. The van der Waals surface area contributed by atoms with E-state index in [0.717, 1.165) is 91.7 Å². The van der Waals surface area contributed by atoms with E-state index < -0.39 is 5.60 Å². The number of anilines is 2. The van der Waals surface area contributed by atoms with Crippen molar-refractivity contribution in [1.29, 1.82) is 0 Å².